The van der Waals surface area contributed by atoms with Crippen molar-refractivity contribution in [3.63, 3.8) is 0 Å². The molecule has 0 bridgehead atoms. The van der Waals surface area contributed by atoms with Gasteiger partial charge in [0, 0.05) is 25.9 Å². The Bertz CT molecular complexity index is 495. The second kappa shape index (κ2) is 7.44. The standard InChI is InChI=1S/C13H14F2N2O2/c1-17(9-12(14)15)13(19)11-5-6-16-8-10(11)4-2-3-7-18/h5-6,8,12,18H,3,7,9H2,1H3. The molecular formula is C13H14F2N2O2. The summed E-state index contributed by atoms with van der Waals surface area (Å²) in [6, 6.07) is 1.44. The molecule has 0 aliphatic rings. The van der Waals surface area contributed by atoms with Crippen molar-refractivity contribution >= 4 is 5.91 Å². The minimum absolute atomic E-state index is 0.0815. The van der Waals surface area contributed by atoms with Gasteiger partial charge < -0.3 is 10.0 Å². The second-order valence-electron chi connectivity index (χ2n) is 3.77. The fraction of sp³-hybridized carbons (Fsp3) is 0.385. The Hall–Kier alpha value is -2.00. The van der Waals surface area contributed by atoms with E-state index in [1.807, 2.05) is 0 Å². The highest BCUT2D eigenvalue weighted by Crippen LogP contribution is 2.10. The number of amides is 1. The number of hydrogen-bond acceptors (Lipinski definition) is 3. The van der Waals surface area contributed by atoms with E-state index in [1.54, 1.807) is 0 Å². The van der Waals surface area contributed by atoms with Crippen molar-refractivity contribution in [1.82, 2.24) is 9.88 Å². The van der Waals surface area contributed by atoms with Crippen molar-refractivity contribution in [2.75, 3.05) is 20.2 Å². The predicted molar refractivity (Wildman–Crippen MR) is 65.8 cm³/mol. The largest absolute Gasteiger partial charge is 0.395 e. The van der Waals surface area contributed by atoms with Gasteiger partial charge in [0.05, 0.1) is 24.3 Å². The number of pyridine rings is 1. The Morgan fingerprint density at radius 3 is 2.95 bits per heavy atom. The van der Waals surface area contributed by atoms with Gasteiger partial charge in [-0.2, -0.15) is 0 Å². The third-order valence-electron chi connectivity index (χ3n) is 2.27. The highest BCUT2D eigenvalue weighted by atomic mass is 19.3. The molecule has 1 amide bonds. The molecule has 0 atom stereocenters. The first-order chi connectivity index (χ1) is 9.06. The lowest BCUT2D eigenvalue weighted by Crippen LogP contribution is -2.31. The third-order valence-corrected chi connectivity index (χ3v) is 2.27. The van der Waals surface area contributed by atoms with Crippen molar-refractivity contribution in [2.24, 2.45) is 0 Å². The van der Waals surface area contributed by atoms with Gasteiger partial charge in [0.25, 0.3) is 12.3 Å². The first-order valence-electron chi connectivity index (χ1n) is 5.63. The first kappa shape index (κ1) is 15.1. The summed E-state index contributed by atoms with van der Waals surface area (Å²) in [5.74, 6) is 4.83. The van der Waals surface area contributed by atoms with E-state index >= 15 is 0 Å². The monoisotopic (exact) mass is 268 g/mol. The summed E-state index contributed by atoms with van der Waals surface area (Å²) in [5.41, 5.74) is 0.589. The van der Waals surface area contributed by atoms with Gasteiger partial charge in [-0.05, 0) is 6.07 Å². The van der Waals surface area contributed by atoms with Crippen LogP contribution in [0.15, 0.2) is 18.5 Å². The molecule has 0 saturated carbocycles. The molecule has 0 aromatic carbocycles. The number of nitrogens with zero attached hydrogens (tertiary/aromatic N) is 2. The fourth-order valence-corrected chi connectivity index (χ4v) is 1.39. The molecule has 1 aromatic heterocycles. The van der Waals surface area contributed by atoms with Crippen LogP contribution in [0.4, 0.5) is 8.78 Å². The summed E-state index contributed by atoms with van der Waals surface area (Å²) in [7, 11) is 1.31. The average molecular weight is 268 g/mol. The highest BCUT2D eigenvalue weighted by Gasteiger charge is 2.18. The summed E-state index contributed by atoms with van der Waals surface area (Å²) in [6.45, 7) is -0.716. The van der Waals surface area contributed by atoms with E-state index in [9.17, 15) is 13.6 Å². The van der Waals surface area contributed by atoms with E-state index in [-0.39, 0.29) is 18.6 Å². The van der Waals surface area contributed by atoms with Gasteiger partial charge >= 0.3 is 0 Å². The van der Waals surface area contributed by atoms with Crippen molar-refractivity contribution < 1.29 is 18.7 Å². The molecule has 1 aromatic rings. The molecule has 0 unspecified atom stereocenters. The highest BCUT2D eigenvalue weighted by molar-refractivity contribution is 5.96. The number of carbonyl (C=O) groups excluding carboxylic acids is 1. The van der Waals surface area contributed by atoms with E-state index in [4.69, 9.17) is 5.11 Å². The number of carbonyl (C=O) groups is 1. The maximum atomic E-state index is 12.2. The molecule has 4 nitrogen and oxygen atoms in total. The average Bonchev–Trinajstić information content (AvgIpc) is 2.38. The van der Waals surface area contributed by atoms with Crippen molar-refractivity contribution in [3.8, 4) is 11.8 Å². The van der Waals surface area contributed by atoms with Crippen molar-refractivity contribution in [2.45, 2.75) is 12.8 Å². The summed E-state index contributed by atoms with van der Waals surface area (Å²) >= 11 is 0. The first-order valence-corrected chi connectivity index (χ1v) is 5.63. The minimum Gasteiger partial charge on any atom is -0.395 e. The van der Waals surface area contributed by atoms with Gasteiger partial charge in [-0.25, -0.2) is 8.78 Å². The lowest BCUT2D eigenvalue weighted by Gasteiger charge is -2.17. The number of aromatic nitrogens is 1. The smallest absolute Gasteiger partial charge is 0.255 e. The maximum Gasteiger partial charge on any atom is 0.255 e. The maximum absolute atomic E-state index is 12.2. The quantitative estimate of drug-likeness (QED) is 0.833. The number of rotatable bonds is 4. The lowest BCUT2D eigenvalue weighted by atomic mass is 10.1. The Labute approximate surface area is 110 Å². The van der Waals surface area contributed by atoms with Gasteiger partial charge in [-0.1, -0.05) is 11.8 Å². The van der Waals surface area contributed by atoms with Crippen LogP contribution in [0.1, 0.15) is 22.3 Å². The topological polar surface area (TPSA) is 53.4 Å². The summed E-state index contributed by atoms with van der Waals surface area (Å²) < 4.78 is 24.5. The van der Waals surface area contributed by atoms with E-state index in [0.29, 0.717) is 5.56 Å². The minimum atomic E-state index is -2.58. The molecule has 19 heavy (non-hydrogen) atoms. The lowest BCUT2D eigenvalue weighted by molar-refractivity contribution is 0.0620. The van der Waals surface area contributed by atoms with E-state index in [2.05, 4.69) is 16.8 Å². The normalized spacial score (nSPS) is 9.95. The number of hydrogen-bond donors (Lipinski definition) is 1. The third kappa shape index (κ3) is 4.64. The van der Waals surface area contributed by atoms with E-state index in [1.165, 1.54) is 25.5 Å². The Balaban J connectivity index is 2.94. The molecule has 0 radical (unpaired) electrons. The van der Waals surface area contributed by atoms with Crippen molar-refractivity contribution in [3.05, 3.63) is 29.6 Å². The van der Waals surface area contributed by atoms with Gasteiger partial charge in [0.1, 0.15) is 0 Å². The summed E-state index contributed by atoms with van der Waals surface area (Å²) in [6.07, 6.45) is 0.490. The molecule has 0 aliphatic heterocycles. The molecular weight excluding hydrogens is 254 g/mol. The molecule has 0 saturated heterocycles. The van der Waals surface area contributed by atoms with Crippen LogP contribution in [0.2, 0.25) is 0 Å². The van der Waals surface area contributed by atoms with Crippen LogP contribution in [0.3, 0.4) is 0 Å². The number of aliphatic hydroxyl groups excluding tert-OH is 1. The summed E-state index contributed by atoms with van der Waals surface area (Å²) in [5, 5.41) is 8.63. The molecule has 0 fully saturated rings. The second-order valence-corrected chi connectivity index (χ2v) is 3.77. The number of halogens is 2. The van der Waals surface area contributed by atoms with Gasteiger partial charge in [0.15, 0.2) is 0 Å². The zero-order valence-electron chi connectivity index (χ0n) is 10.4. The van der Waals surface area contributed by atoms with Crippen LogP contribution in [0.25, 0.3) is 0 Å². The SMILES string of the molecule is CN(CC(F)F)C(=O)c1ccncc1C#CCCO. The molecule has 0 spiro atoms. The molecule has 102 valence electrons. The van der Waals surface area contributed by atoms with Gasteiger partial charge in [0.2, 0.25) is 0 Å². The van der Waals surface area contributed by atoms with Crippen LogP contribution >= 0.6 is 0 Å². The Morgan fingerprint density at radius 1 is 1.58 bits per heavy atom. The van der Waals surface area contributed by atoms with E-state index < -0.39 is 18.9 Å². The Kier molecular flexibility index (Phi) is 5.90. The van der Waals surface area contributed by atoms with Crippen LogP contribution in [-0.2, 0) is 0 Å². The zero-order valence-corrected chi connectivity index (χ0v) is 10.4. The van der Waals surface area contributed by atoms with Crippen LogP contribution in [0, 0.1) is 11.8 Å². The molecule has 1 N–H and O–H groups in total. The molecule has 6 heteroatoms. The Morgan fingerprint density at radius 2 is 2.32 bits per heavy atom. The predicted octanol–water partition coefficient (Wildman–Crippen LogP) is 1.15. The molecule has 0 aliphatic carbocycles. The fourth-order valence-electron chi connectivity index (χ4n) is 1.39. The van der Waals surface area contributed by atoms with Crippen molar-refractivity contribution in [1.29, 1.82) is 0 Å². The van der Waals surface area contributed by atoms with Crippen LogP contribution in [-0.4, -0.2) is 47.5 Å². The van der Waals surface area contributed by atoms with Crippen LogP contribution in [0.5, 0.6) is 0 Å². The number of aliphatic hydroxyl groups is 1. The molecule has 1 heterocycles. The van der Waals surface area contributed by atoms with Crippen LogP contribution < -0.4 is 0 Å². The van der Waals surface area contributed by atoms with Gasteiger partial charge in [-0.15, -0.1) is 0 Å². The van der Waals surface area contributed by atoms with Gasteiger partial charge in [-0.3, -0.25) is 9.78 Å². The van der Waals surface area contributed by atoms with E-state index in [0.717, 1.165) is 4.90 Å². The summed E-state index contributed by atoms with van der Waals surface area (Å²) in [4.78, 5) is 16.8. The zero-order chi connectivity index (χ0) is 14.3. The molecule has 1 rings (SSSR count). The number of alkyl halides is 2.